The molecule has 3 rings (SSSR count). The van der Waals surface area contributed by atoms with E-state index in [4.69, 9.17) is 0 Å². The van der Waals surface area contributed by atoms with Crippen LogP contribution in [0.1, 0.15) is 30.6 Å². The summed E-state index contributed by atoms with van der Waals surface area (Å²) in [6, 6.07) is 9.55. The first-order valence-electron chi connectivity index (χ1n) is 8.68. The third-order valence-electron chi connectivity index (χ3n) is 4.53. The minimum atomic E-state index is -3.51. The summed E-state index contributed by atoms with van der Waals surface area (Å²) in [6.07, 6.45) is 4.14. The molecule has 26 heavy (non-hydrogen) atoms. The van der Waals surface area contributed by atoms with Gasteiger partial charge in [-0.15, -0.1) is 0 Å². The quantitative estimate of drug-likeness (QED) is 0.893. The van der Waals surface area contributed by atoms with Gasteiger partial charge in [0.2, 0.25) is 10.0 Å². The van der Waals surface area contributed by atoms with Crippen molar-refractivity contribution in [2.45, 2.75) is 25.2 Å². The largest absolute Gasteiger partial charge is 0.322 e. The number of hydrogen-bond acceptors (Lipinski definition) is 4. The van der Waals surface area contributed by atoms with Crippen LogP contribution in [0.3, 0.4) is 0 Å². The molecular weight excluding hydrogens is 350 g/mol. The first kappa shape index (κ1) is 18.5. The zero-order valence-corrected chi connectivity index (χ0v) is 15.7. The van der Waals surface area contributed by atoms with Crippen molar-refractivity contribution >= 4 is 21.6 Å². The molecule has 1 aromatic carbocycles. The highest BCUT2D eigenvalue weighted by atomic mass is 32.2. The van der Waals surface area contributed by atoms with Gasteiger partial charge in [-0.1, -0.05) is 13.8 Å². The standard InChI is InChI=1S/C19H23N3O3S/c1-14-11-15(2)13-22(12-14)26(24,25)18-5-3-17(4-6-18)21-19(23)16-7-9-20-10-8-16/h3-10,14-15H,11-13H2,1-2H3,(H,21,23). The van der Waals surface area contributed by atoms with E-state index in [-0.39, 0.29) is 10.8 Å². The van der Waals surface area contributed by atoms with Gasteiger partial charge >= 0.3 is 0 Å². The Bertz CT molecular complexity index is 857. The van der Waals surface area contributed by atoms with E-state index in [1.54, 1.807) is 53.1 Å². The molecule has 1 aliphatic heterocycles. The fourth-order valence-electron chi connectivity index (χ4n) is 3.37. The number of amides is 1. The molecule has 0 saturated carbocycles. The fourth-order valence-corrected chi connectivity index (χ4v) is 5.05. The summed E-state index contributed by atoms with van der Waals surface area (Å²) >= 11 is 0. The second-order valence-electron chi connectivity index (χ2n) is 6.98. The van der Waals surface area contributed by atoms with E-state index in [2.05, 4.69) is 24.1 Å². The van der Waals surface area contributed by atoms with Crippen LogP contribution in [-0.4, -0.2) is 36.7 Å². The first-order valence-corrected chi connectivity index (χ1v) is 10.1. The van der Waals surface area contributed by atoms with E-state index in [1.807, 2.05) is 0 Å². The Morgan fingerprint density at radius 3 is 2.19 bits per heavy atom. The SMILES string of the molecule is CC1CC(C)CN(S(=O)(=O)c2ccc(NC(=O)c3ccncc3)cc2)C1. The Balaban J connectivity index is 1.73. The van der Waals surface area contributed by atoms with E-state index in [0.29, 0.717) is 36.2 Å². The predicted octanol–water partition coefficient (Wildman–Crippen LogP) is 3.00. The second-order valence-corrected chi connectivity index (χ2v) is 8.92. The molecule has 7 heteroatoms. The lowest BCUT2D eigenvalue weighted by atomic mass is 9.94. The van der Waals surface area contributed by atoms with Crippen LogP contribution in [-0.2, 0) is 10.0 Å². The monoisotopic (exact) mass is 373 g/mol. The minimum Gasteiger partial charge on any atom is -0.322 e. The zero-order valence-electron chi connectivity index (χ0n) is 14.9. The van der Waals surface area contributed by atoms with Crippen molar-refractivity contribution in [3.05, 3.63) is 54.4 Å². The number of rotatable bonds is 4. The van der Waals surface area contributed by atoms with Crippen molar-refractivity contribution in [1.82, 2.24) is 9.29 Å². The molecule has 6 nitrogen and oxygen atoms in total. The highest BCUT2D eigenvalue weighted by Gasteiger charge is 2.31. The number of carbonyl (C=O) groups excluding carboxylic acids is 1. The molecule has 0 spiro atoms. The van der Waals surface area contributed by atoms with Gasteiger partial charge in [0.05, 0.1) is 4.90 Å². The van der Waals surface area contributed by atoms with Gasteiger partial charge in [0.25, 0.3) is 5.91 Å². The van der Waals surface area contributed by atoms with Crippen molar-refractivity contribution in [1.29, 1.82) is 0 Å². The van der Waals surface area contributed by atoms with Gasteiger partial charge in [-0.2, -0.15) is 4.31 Å². The number of nitrogens with one attached hydrogen (secondary N) is 1. The lowest BCUT2D eigenvalue weighted by molar-refractivity contribution is 0.102. The van der Waals surface area contributed by atoms with Crippen LogP contribution in [0.4, 0.5) is 5.69 Å². The fraction of sp³-hybridized carbons (Fsp3) is 0.368. The normalized spacial score (nSPS) is 21.3. The number of hydrogen-bond donors (Lipinski definition) is 1. The molecule has 1 amide bonds. The second kappa shape index (κ2) is 7.55. The van der Waals surface area contributed by atoms with Gasteiger partial charge in [-0.05, 0) is 54.7 Å². The topological polar surface area (TPSA) is 79.4 Å². The molecule has 2 unspecified atom stereocenters. The van der Waals surface area contributed by atoms with Crippen LogP contribution in [0, 0.1) is 11.8 Å². The zero-order chi connectivity index (χ0) is 18.7. The maximum absolute atomic E-state index is 12.9. The van der Waals surface area contributed by atoms with Crippen molar-refractivity contribution in [2.75, 3.05) is 18.4 Å². The highest BCUT2D eigenvalue weighted by molar-refractivity contribution is 7.89. The Labute approximate surface area is 154 Å². The number of anilines is 1. The highest BCUT2D eigenvalue weighted by Crippen LogP contribution is 2.27. The lowest BCUT2D eigenvalue weighted by Crippen LogP contribution is -2.42. The van der Waals surface area contributed by atoms with Gasteiger partial charge in [0.15, 0.2) is 0 Å². The number of nitrogens with zero attached hydrogens (tertiary/aromatic N) is 2. The maximum atomic E-state index is 12.9. The average Bonchev–Trinajstić information content (AvgIpc) is 2.62. The molecule has 2 heterocycles. The summed E-state index contributed by atoms with van der Waals surface area (Å²) in [5, 5.41) is 2.76. The number of aromatic nitrogens is 1. The minimum absolute atomic E-state index is 0.251. The van der Waals surface area contributed by atoms with E-state index in [0.717, 1.165) is 6.42 Å². The van der Waals surface area contributed by atoms with Crippen molar-refractivity contribution in [2.24, 2.45) is 11.8 Å². The number of carbonyl (C=O) groups is 1. The van der Waals surface area contributed by atoms with Gasteiger partial charge in [-0.3, -0.25) is 9.78 Å². The van der Waals surface area contributed by atoms with E-state index in [9.17, 15) is 13.2 Å². The predicted molar refractivity (Wildman–Crippen MR) is 100 cm³/mol. The third-order valence-corrected chi connectivity index (χ3v) is 6.37. The summed E-state index contributed by atoms with van der Waals surface area (Å²) in [6.45, 7) is 5.26. The van der Waals surface area contributed by atoms with Crippen LogP contribution in [0.5, 0.6) is 0 Å². The smallest absolute Gasteiger partial charge is 0.255 e. The number of sulfonamides is 1. The Kier molecular flexibility index (Phi) is 5.38. The maximum Gasteiger partial charge on any atom is 0.255 e. The Hall–Kier alpha value is -2.25. The van der Waals surface area contributed by atoms with Crippen LogP contribution < -0.4 is 5.32 Å². The van der Waals surface area contributed by atoms with Gasteiger partial charge in [-0.25, -0.2) is 8.42 Å². The third kappa shape index (κ3) is 4.11. The number of piperidine rings is 1. The number of pyridine rings is 1. The van der Waals surface area contributed by atoms with Gasteiger partial charge < -0.3 is 5.32 Å². The molecule has 2 aromatic rings. The summed E-state index contributed by atoms with van der Waals surface area (Å²) in [4.78, 5) is 16.3. The van der Waals surface area contributed by atoms with Crippen LogP contribution >= 0.6 is 0 Å². The Morgan fingerprint density at radius 2 is 1.62 bits per heavy atom. The summed E-state index contributed by atoms with van der Waals surface area (Å²) in [7, 11) is -3.51. The molecule has 1 fully saturated rings. The lowest BCUT2D eigenvalue weighted by Gasteiger charge is -2.34. The molecule has 1 aliphatic rings. The molecule has 138 valence electrons. The molecule has 1 N–H and O–H groups in total. The van der Waals surface area contributed by atoms with Crippen molar-refractivity contribution in [3.63, 3.8) is 0 Å². The molecule has 0 radical (unpaired) electrons. The van der Waals surface area contributed by atoms with Crippen LogP contribution in [0.25, 0.3) is 0 Å². The summed E-state index contributed by atoms with van der Waals surface area (Å²) in [5.74, 6) is 0.446. The van der Waals surface area contributed by atoms with Crippen LogP contribution in [0.2, 0.25) is 0 Å². The number of benzene rings is 1. The van der Waals surface area contributed by atoms with E-state index >= 15 is 0 Å². The van der Waals surface area contributed by atoms with Crippen molar-refractivity contribution in [3.8, 4) is 0 Å². The average molecular weight is 373 g/mol. The molecule has 1 saturated heterocycles. The molecule has 0 aliphatic carbocycles. The van der Waals surface area contributed by atoms with Gasteiger partial charge in [0, 0.05) is 36.7 Å². The van der Waals surface area contributed by atoms with Gasteiger partial charge in [0.1, 0.15) is 0 Å². The Morgan fingerprint density at radius 1 is 1.04 bits per heavy atom. The molecule has 0 bridgehead atoms. The molecule has 1 aromatic heterocycles. The molecular formula is C19H23N3O3S. The van der Waals surface area contributed by atoms with E-state index < -0.39 is 10.0 Å². The van der Waals surface area contributed by atoms with Crippen molar-refractivity contribution < 1.29 is 13.2 Å². The summed E-state index contributed by atoms with van der Waals surface area (Å²) in [5.41, 5.74) is 1.04. The van der Waals surface area contributed by atoms with E-state index in [1.165, 1.54) is 0 Å². The van der Waals surface area contributed by atoms with Crippen LogP contribution in [0.15, 0.2) is 53.7 Å². The first-order chi connectivity index (χ1) is 12.4. The summed E-state index contributed by atoms with van der Waals surface area (Å²) < 4.78 is 27.3. The molecule has 2 atom stereocenters.